The fourth-order valence-electron chi connectivity index (χ4n) is 1.21. The molecule has 0 fully saturated rings. The third kappa shape index (κ3) is 1.94. The van der Waals surface area contributed by atoms with Gasteiger partial charge in [0, 0.05) is 18.4 Å². The third-order valence-corrected chi connectivity index (χ3v) is 2.22. The highest BCUT2D eigenvalue weighted by Gasteiger charge is 2.08. The lowest BCUT2D eigenvalue weighted by atomic mass is 10.4. The van der Waals surface area contributed by atoms with Crippen LogP contribution in [0.5, 0.6) is 0 Å². The van der Waals surface area contributed by atoms with E-state index in [1.807, 2.05) is 13.8 Å². The zero-order chi connectivity index (χ0) is 10.8. The molecule has 0 amide bonds. The summed E-state index contributed by atoms with van der Waals surface area (Å²) in [5.41, 5.74) is 0. The van der Waals surface area contributed by atoms with E-state index in [2.05, 4.69) is 20.1 Å². The molecule has 15 heavy (non-hydrogen) atoms. The van der Waals surface area contributed by atoms with Gasteiger partial charge >= 0.3 is 0 Å². The van der Waals surface area contributed by atoms with Crippen molar-refractivity contribution in [3.05, 3.63) is 23.2 Å². The molecule has 0 aromatic carbocycles. The average molecular weight is 221 g/mol. The second-order valence-corrected chi connectivity index (χ2v) is 3.76. The van der Waals surface area contributed by atoms with Crippen LogP contribution >= 0.6 is 12.2 Å². The van der Waals surface area contributed by atoms with Gasteiger partial charge in [0.2, 0.25) is 4.77 Å². The third-order valence-electron chi connectivity index (χ3n) is 1.93. The first-order valence-electron chi connectivity index (χ1n) is 4.64. The Morgan fingerprint density at radius 1 is 1.33 bits per heavy atom. The standard InChI is InChI=1S/C9H11N5S/c1-6(2)14-9(15)12-8(13-14)7-10-4-3-5-11-7/h3-6H,1-2H3,(H,12,13,15). The maximum absolute atomic E-state index is 5.11. The van der Waals surface area contributed by atoms with Gasteiger partial charge in [0.25, 0.3) is 0 Å². The van der Waals surface area contributed by atoms with Crippen molar-refractivity contribution in [2.75, 3.05) is 0 Å². The van der Waals surface area contributed by atoms with Crippen LogP contribution in [0.4, 0.5) is 0 Å². The van der Waals surface area contributed by atoms with E-state index < -0.39 is 0 Å². The molecule has 2 heterocycles. The molecule has 0 atom stereocenters. The van der Waals surface area contributed by atoms with Crippen LogP contribution < -0.4 is 0 Å². The molecule has 0 saturated carbocycles. The molecule has 0 bridgehead atoms. The van der Waals surface area contributed by atoms with Crippen molar-refractivity contribution in [1.29, 1.82) is 0 Å². The summed E-state index contributed by atoms with van der Waals surface area (Å²) in [5.74, 6) is 1.16. The van der Waals surface area contributed by atoms with Crippen molar-refractivity contribution in [1.82, 2.24) is 24.7 Å². The minimum absolute atomic E-state index is 0.252. The first kappa shape index (κ1) is 9.97. The molecule has 0 radical (unpaired) electrons. The van der Waals surface area contributed by atoms with E-state index in [0.717, 1.165) is 0 Å². The Labute approximate surface area is 92.2 Å². The number of nitrogens with one attached hydrogen (secondary N) is 1. The normalized spacial score (nSPS) is 10.9. The fraction of sp³-hybridized carbons (Fsp3) is 0.333. The highest BCUT2D eigenvalue weighted by atomic mass is 32.1. The maximum atomic E-state index is 5.11. The fourth-order valence-corrected chi connectivity index (χ4v) is 1.56. The lowest BCUT2D eigenvalue weighted by Gasteiger charge is -2.03. The summed E-state index contributed by atoms with van der Waals surface area (Å²) in [7, 11) is 0. The molecule has 0 aliphatic heterocycles. The van der Waals surface area contributed by atoms with Crippen molar-refractivity contribution in [2.24, 2.45) is 0 Å². The number of aromatic amines is 1. The van der Waals surface area contributed by atoms with Crippen molar-refractivity contribution in [2.45, 2.75) is 19.9 Å². The van der Waals surface area contributed by atoms with Crippen LogP contribution in [0.25, 0.3) is 11.6 Å². The molecule has 5 nitrogen and oxygen atoms in total. The molecule has 0 spiro atoms. The van der Waals surface area contributed by atoms with Crippen LogP contribution in [0, 0.1) is 4.77 Å². The molecule has 0 saturated heterocycles. The molecule has 0 aliphatic rings. The molecule has 2 aromatic rings. The predicted molar refractivity (Wildman–Crippen MR) is 58.8 cm³/mol. The first-order valence-corrected chi connectivity index (χ1v) is 5.05. The highest BCUT2D eigenvalue weighted by Crippen LogP contribution is 2.10. The Morgan fingerprint density at radius 3 is 2.53 bits per heavy atom. The summed E-state index contributed by atoms with van der Waals surface area (Å²) in [5, 5.41) is 3.07. The predicted octanol–water partition coefficient (Wildman–Crippen LogP) is 1.98. The Kier molecular flexibility index (Phi) is 2.59. The summed E-state index contributed by atoms with van der Waals surface area (Å²) in [4.78, 5) is 12.4. The molecule has 1 N–H and O–H groups in total. The summed E-state index contributed by atoms with van der Waals surface area (Å²) in [6, 6.07) is 2.01. The van der Waals surface area contributed by atoms with Crippen molar-refractivity contribution < 1.29 is 0 Å². The number of hydrogen-bond acceptors (Lipinski definition) is 4. The van der Waals surface area contributed by atoms with E-state index in [9.17, 15) is 0 Å². The van der Waals surface area contributed by atoms with Gasteiger partial charge in [-0.25, -0.2) is 9.97 Å². The second-order valence-electron chi connectivity index (χ2n) is 3.39. The van der Waals surface area contributed by atoms with E-state index in [4.69, 9.17) is 12.2 Å². The van der Waals surface area contributed by atoms with Crippen molar-refractivity contribution >= 4 is 12.2 Å². The van der Waals surface area contributed by atoms with Crippen molar-refractivity contribution in [3.63, 3.8) is 0 Å². The van der Waals surface area contributed by atoms with E-state index in [0.29, 0.717) is 16.4 Å². The van der Waals surface area contributed by atoms with Gasteiger partial charge in [-0.15, -0.1) is 0 Å². The lowest BCUT2D eigenvalue weighted by Crippen LogP contribution is -2.02. The molecule has 2 rings (SSSR count). The highest BCUT2D eigenvalue weighted by molar-refractivity contribution is 7.71. The van der Waals surface area contributed by atoms with Gasteiger partial charge in [-0.2, -0.15) is 4.98 Å². The zero-order valence-corrected chi connectivity index (χ0v) is 9.32. The van der Waals surface area contributed by atoms with Gasteiger partial charge in [-0.3, -0.25) is 9.78 Å². The summed E-state index contributed by atoms with van der Waals surface area (Å²) in [6.07, 6.45) is 3.35. The number of nitrogens with zero attached hydrogens (tertiary/aromatic N) is 4. The van der Waals surface area contributed by atoms with E-state index in [-0.39, 0.29) is 6.04 Å². The average Bonchev–Trinajstić information content (AvgIpc) is 2.62. The number of rotatable bonds is 2. The van der Waals surface area contributed by atoms with Gasteiger partial charge in [-0.1, -0.05) is 0 Å². The summed E-state index contributed by atoms with van der Waals surface area (Å²) < 4.78 is 2.33. The molecule has 0 aliphatic carbocycles. The Hall–Kier alpha value is -1.56. The monoisotopic (exact) mass is 221 g/mol. The van der Waals surface area contributed by atoms with Gasteiger partial charge < -0.3 is 0 Å². The quantitative estimate of drug-likeness (QED) is 0.788. The van der Waals surface area contributed by atoms with Crippen LogP contribution in [0.2, 0.25) is 0 Å². The zero-order valence-electron chi connectivity index (χ0n) is 8.51. The second kappa shape index (κ2) is 3.90. The molecular weight excluding hydrogens is 210 g/mol. The van der Waals surface area contributed by atoms with Crippen LogP contribution in [0.1, 0.15) is 19.9 Å². The largest absolute Gasteiger partial charge is 0.276 e. The van der Waals surface area contributed by atoms with Crippen LogP contribution in [0.15, 0.2) is 18.5 Å². The van der Waals surface area contributed by atoms with E-state index in [1.165, 1.54) is 0 Å². The van der Waals surface area contributed by atoms with Gasteiger partial charge in [0.15, 0.2) is 11.6 Å². The Bertz CT molecular complexity index is 499. The minimum Gasteiger partial charge on any atom is -0.276 e. The molecule has 78 valence electrons. The Balaban J connectivity index is 2.48. The SMILES string of the molecule is CC(C)n1[nH]c(-c2ncccn2)nc1=S. The molecule has 6 heteroatoms. The van der Waals surface area contributed by atoms with E-state index in [1.54, 1.807) is 23.1 Å². The first-order chi connectivity index (χ1) is 7.18. The molecule has 0 unspecified atom stereocenters. The number of hydrogen-bond donors (Lipinski definition) is 1. The van der Waals surface area contributed by atoms with Crippen LogP contribution in [0.3, 0.4) is 0 Å². The van der Waals surface area contributed by atoms with Gasteiger partial charge in [0.05, 0.1) is 0 Å². The number of H-pyrrole nitrogens is 1. The minimum atomic E-state index is 0.252. The topological polar surface area (TPSA) is 59.4 Å². The lowest BCUT2D eigenvalue weighted by molar-refractivity contribution is 0.525. The van der Waals surface area contributed by atoms with Gasteiger partial charge in [0.1, 0.15) is 0 Å². The summed E-state index contributed by atoms with van der Waals surface area (Å²) >= 11 is 5.11. The molecular formula is C9H11N5S. The summed E-state index contributed by atoms with van der Waals surface area (Å²) in [6.45, 7) is 4.06. The van der Waals surface area contributed by atoms with Crippen molar-refractivity contribution in [3.8, 4) is 11.6 Å². The van der Waals surface area contributed by atoms with Crippen LogP contribution in [-0.2, 0) is 0 Å². The smallest absolute Gasteiger partial charge is 0.216 e. The maximum Gasteiger partial charge on any atom is 0.216 e. The number of aromatic nitrogens is 5. The molecule has 2 aromatic heterocycles. The van der Waals surface area contributed by atoms with E-state index >= 15 is 0 Å². The van der Waals surface area contributed by atoms with Crippen LogP contribution in [-0.4, -0.2) is 24.7 Å². The Morgan fingerprint density at radius 2 is 2.00 bits per heavy atom. The van der Waals surface area contributed by atoms with Gasteiger partial charge in [-0.05, 0) is 32.1 Å².